The molecule has 0 aromatic carbocycles. The van der Waals surface area contributed by atoms with Crippen molar-refractivity contribution in [2.45, 2.75) is 89.3 Å². The number of carbonyl (C=O) groups is 2. The summed E-state index contributed by atoms with van der Waals surface area (Å²) < 4.78 is 1.62. The summed E-state index contributed by atoms with van der Waals surface area (Å²) in [4.78, 5) is 30.4. The number of aryl methyl sites for hydroxylation is 1. The average Bonchev–Trinajstić information content (AvgIpc) is 3.29. The predicted octanol–water partition coefficient (Wildman–Crippen LogP) is 2.26. The van der Waals surface area contributed by atoms with Gasteiger partial charge in [-0.1, -0.05) is 32.1 Å². The van der Waals surface area contributed by atoms with Gasteiger partial charge in [0.2, 0.25) is 11.8 Å². The number of rotatable bonds is 5. The summed E-state index contributed by atoms with van der Waals surface area (Å²) in [7, 11) is 0. The number of fused-ring (bicyclic) bond motifs is 4. The number of hydrogen-bond acceptors (Lipinski definition) is 5. The molecule has 1 aromatic heterocycles. The Hall–Kier alpha value is -1.99. The van der Waals surface area contributed by atoms with Crippen LogP contribution in [0.1, 0.15) is 70.6 Å². The lowest BCUT2D eigenvalue weighted by molar-refractivity contribution is -0.157. The van der Waals surface area contributed by atoms with Crippen LogP contribution in [-0.2, 0) is 16.1 Å². The zero-order valence-electron chi connectivity index (χ0n) is 17.9. The minimum atomic E-state index is 0.201. The van der Waals surface area contributed by atoms with Crippen molar-refractivity contribution in [1.29, 1.82) is 0 Å². The highest BCUT2D eigenvalue weighted by Gasteiger charge is 2.50. The molecule has 30 heavy (non-hydrogen) atoms. The van der Waals surface area contributed by atoms with Crippen molar-refractivity contribution >= 4 is 11.8 Å². The van der Waals surface area contributed by atoms with Gasteiger partial charge in [-0.15, -0.1) is 5.10 Å². The summed E-state index contributed by atoms with van der Waals surface area (Å²) in [6.45, 7) is 2.13. The van der Waals surface area contributed by atoms with Crippen LogP contribution in [0.15, 0.2) is 6.33 Å². The van der Waals surface area contributed by atoms with E-state index in [9.17, 15) is 9.59 Å². The van der Waals surface area contributed by atoms with E-state index in [0.717, 1.165) is 38.3 Å². The minimum absolute atomic E-state index is 0.201. The monoisotopic (exact) mass is 414 g/mol. The highest BCUT2D eigenvalue weighted by molar-refractivity contribution is 5.78. The molecule has 8 nitrogen and oxygen atoms in total. The second-order valence-corrected chi connectivity index (χ2v) is 9.95. The molecule has 4 atom stereocenters. The van der Waals surface area contributed by atoms with Gasteiger partial charge in [0, 0.05) is 38.0 Å². The first kappa shape index (κ1) is 19.9. The van der Waals surface area contributed by atoms with E-state index in [0.29, 0.717) is 49.2 Å². The lowest BCUT2D eigenvalue weighted by atomic mass is 9.69. The fourth-order valence-electron chi connectivity index (χ4n) is 6.70. The molecule has 164 valence electrons. The summed E-state index contributed by atoms with van der Waals surface area (Å²) in [5.41, 5.74) is 0. The van der Waals surface area contributed by atoms with E-state index >= 15 is 0 Å². The number of likely N-dealkylation sites (tertiary alicyclic amines) is 1. The number of amides is 2. The van der Waals surface area contributed by atoms with Crippen LogP contribution in [0.5, 0.6) is 0 Å². The Morgan fingerprint density at radius 1 is 1.07 bits per heavy atom. The topological polar surface area (TPSA) is 84.2 Å². The zero-order valence-corrected chi connectivity index (χ0v) is 17.9. The molecule has 3 saturated heterocycles. The van der Waals surface area contributed by atoms with Gasteiger partial charge >= 0.3 is 0 Å². The fraction of sp³-hybridized carbons (Fsp3) is 0.864. The summed E-state index contributed by atoms with van der Waals surface area (Å²) in [5, 5.41) is 11.2. The Morgan fingerprint density at radius 2 is 1.90 bits per heavy atom. The molecule has 4 heterocycles. The molecule has 2 bridgehead atoms. The summed E-state index contributed by atoms with van der Waals surface area (Å²) in [6, 6.07) is 0.670. The van der Waals surface area contributed by atoms with Gasteiger partial charge in [-0.05, 0) is 53.9 Å². The summed E-state index contributed by atoms with van der Waals surface area (Å²) in [6.07, 6.45) is 13.8. The molecule has 0 N–H and O–H groups in total. The van der Waals surface area contributed by atoms with E-state index in [1.54, 1.807) is 11.0 Å². The molecule has 4 aliphatic rings. The van der Waals surface area contributed by atoms with E-state index in [4.69, 9.17) is 0 Å². The van der Waals surface area contributed by atoms with Crippen LogP contribution in [0, 0.1) is 17.8 Å². The Labute approximate surface area is 178 Å². The lowest BCUT2D eigenvalue weighted by Crippen LogP contribution is -2.65. The van der Waals surface area contributed by atoms with Crippen molar-refractivity contribution in [2.75, 3.05) is 13.1 Å². The normalized spacial score (nSPS) is 32.2. The lowest BCUT2D eigenvalue weighted by Gasteiger charge is -2.57. The van der Waals surface area contributed by atoms with Gasteiger partial charge in [-0.3, -0.25) is 9.59 Å². The van der Waals surface area contributed by atoms with Gasteiger partial charge in [0.05, 0.1) is 6.54 Å². The van der Waals surface area contributed by atoms with E-state index in [-0.39, 0.29) is 5.91 Å². The van der Waals surface area contributed by atoms with Crippen molar-refractivity contribution in [2.24, 2.45) is 17.8 Å². The third-order valence-electron chi connectivity index (χ3n) is 8.10. The van der Waals surface area contributed by atoms with Crippen LogP contribution in [0.4, 0.5) is 0 Å². The van der Waals surface area contributed by atoms with Crippen molar-refractivity contribution in [1.82, 2.24) is 30.0 Å². The molecule has 0 radical (unpaired) electrons. The van der Waals surface area contributed by atoms with Crippen LogP contribution in [0.3, 0.4) is 0 Å². The molecular weight excluding hydrogens is 380 g/mol. The number of carbonyl (C=O) groups excluding carboxylic acids is 2. The van der Waals surface area contributed by atoms with Gasteiger partial charge in [0.15, 0.2) is 0 Å². The number of aromatic nitrogens is 4. The Bertz CT molecular complexity index is 747. The van der Waals surface area contributed by atoms with E-state index in [1.165, 1.54) is 38.5 Å². The van der Waals surface area contributed by atoms with Crippen LogP contribution in [-0.4, -0.2) is 67.0 Å². The van der Waals surface area contributed by atoms with Crippen LogP contribution in [0.25, 0.3) is 0 Å². The fourth-order valence-corrected chi connectivity index (χ4v) is 6.70. The van der Waals surface area contributed by atoms with E-state index in [1.807, 2.05) is 0 Å². The maximum atomic E-state index is 13.0. The molecule has 2 amide bonds. The van der Waals surface area contributed by atoms with Crippen LogP contribution in [0.2, 0.25) is 0 Å². The molecule has 3 aliphatic heterocycles. The van der Waals surface area contributed by atoms with Gasteiger partial charge in [0.25, 0.3) is 0 Å². The maximum absolute atomic E-state index is 13.0. The largest absolute Gasteiger partial charge is 0.342 e. The average molecular weight is 415 g/mol. The molecule has 4 fully saturated rings. The third kappa shape index (κ3) is 3.97. The highest BCUT2D eigenvalue weighted by Crippen LogP contribution is 2.44. The van der Waals surface area contributed by atoms with E-state index in [2.05, 4.69) is 25.3 Å². The standard InChI is InChI=1S/C22H34N6O2/c29-21(9-10-27-15-23-24-25-27)26-13-17-12-18(14-26)20(11-16-5-2-1-3-6-16)28-19(17)7-4-8-22(28)30/h15-20H,1-14H2/t17-,18+,19+,20+/m1/s1. The van der Waals surface area contributed by atoms with Crippen molar-refractivity contribution in [3.63, 3.8) is 0 Å². The van der Waals surface area contributed by atoms with Crippen molar-refractivity contribution in [3.05, 3.63) is 6.33 Å². The molecule has 0 unspecified atom stereocenters. The Kier molecular flexibility index (Phi) is 5.74. The van der Waals surface area contributed by atoms with Crippen LogP contribution >= 0.6 is 0 Å². The predicted molar refractivity (Wildman–Crippen MR) is 110 cm³/mol. The molecule has 0 spiro atoms. The SMILES string of the molecule is O=C(CCn1cnnn1)N1C[C@H]2C[C@@H](C1)[C@H](CC1CCCCC1)N1C(=O)CCC[C@@H]21. The van der Waals surface area contributed by atoms with Crippen molar-refractivity contribution in [3.8, 4) is 0 Å². The first-order valence-electron chi connectivity index (χ1n) is 12.0. The summed E-state index contributed by atoms with van der Waals surface area (Å²) >= 11 is 0. The zero-order chi connectivity index (χ0) is 20.5. The first-order chi connectivity index (χ1) is 14.7. The molecule has 1 aliphatic carbocycles. The molecule has 1 saturated carbocycles. The number of hydrogen-bond donors (Lipinski definition) is 0. The van der Waals surface area contributed by atoms with Gasteiger partial charge in [-0.25, -0.2) is 4.68 Å². The van der Waals surface area contributed by atoms with Crippen LogP contribution < -0.4 is 0 Å². The first-order valence-corrected chi connectivity index (χ1v) is 12.0. The highest BCUT2D eigenvalue weighted by atomic mass is 16.2. The maximum Gasteiger partial charge on any atom is 0.224 e. The Morgan fingerprint density at radius 3 is 2.70 bits per heavy atom. The quantitative estimate of drug-likeness (QED) is 0.738. The van der Waals surface area contributed by atoms with Gasteiger partial charge < -0.3 is 9.80 Å². The molecule has 5 rings (SSSR count). The van der Waals surface area contributed by atoms with E-state index < -0.39 is 0 Å². The summed E-state index contributed by atoms with van der Waals surface area (Å²) in [5.74, 6) is 2.20. The minimum Gasteiger partial charge on any atom is -0.342 e. The number of piperidine rings is 3. The molecule has 1 aromatic rings. The second-order valence-electron chi connectivity index (χ2n) is 9.95. The number of nitrogens with zero attached hydrogens (tertiary/aromatic N) is 6. The second kappa shape index (κ2) is 8.63. The van der Waals surface area contributed by atoms with Gasteiger partial charge in [-0.2, -0.15) is 0 Å². The molecular formula is C22H34N6O2. The number of tetrazole rings is 1. The van der Waals surface area contributed by atoms with Crippen molar-refractivity contribution < 1.29 is 9.59 Å². The van der Waals surface area contributed by atoms with Gasteiger partial charge in [0.1, 0.15) is 6.33 Å². The third-order valence-corrected chi connectivity index (χ3v) is 8.10. The molecule has 8 heteroatoms. The smallest absolute Gasteiger partial charge is 0.224 e. The Balaban J connectivity index is 1.31.